The summed E-state index contributed by atoms with van der Waals surface area (Å²) in [5.41, 5.74) is 0. The predicted molar refractivity (Wildman–Crippen MR) is 62.1 cm³/mol. The average molecular weight is 382 g/mol. The number of ether oxygens (including phenoxy) is 2. The molecule has 2 nitrogen and oxygen atoms in total. The van der Waals surface area contributed by atoms with E-state index in [2.05, 4.69) is 9.47 Å². The van der Waals surface area contributed by atoms with Gasteiger partial charge in [0.25, 0.3) is 0 Å². The first-order valence-corrected chi connectivity index (χ1v) is 6.75. The Labute approximate surface area is 131 Å². The van der Waals surface area contributed by atoms with E-state index in [1.807, 2.05) is 0 Å². The summed E-state index contributed by atoms with van der Waals surface area (Å²) in [5.74, 6) is -9.88. The van der Waals surface area contributed by atoms with Gasteiger partial charge in [0.1, 0.15) is 13.2 Å². The van der Waals surface area contributed by atoms with Crippen LogP contribution in [-0.4, -0.2) is 50.6 Å². The molecule has 0 amide bonds. The van der Waals surface area contributed by atoms with Crippen LogP contribution in [0, 0.1) is 0 Å². The number of halogens is 10. The molecule has 0 saturated heterocycles. The van der Waals surface area contributed by atoms with Crippen LogP contribution >= 0.6 is 0 Å². The third-order valence-corrected chi connectivity index (χ3v) is 2.72. The minimum Gasteiger partial charge on any atom is -0.375 e. The first-order valence-electron chi connectivity index (χ1n) is 6.75. The van der Waals surface area contributed by atoms with Crippen LogP contribution in [-0.2, 0) is 9.47 Å². The third-order valence-electron chi connectivity index (χ3n) is 2.72. The fourth-order valence-corrected chi connectivity index (χ4v) is 1.33. The fraction of sp³-hybridized carbons (Fsp3) is 1.00. The number of hydrogen-bond acceptors (Lipinski definition) is 2. The van der Waals surface area contributed by atoms with Crippen molar-refractivity contribution in [3.8, 4) is 0 Å². The second-order valence-corrected chi connectivity index (χ2v) is 4.92. The standard InChI is InChI=1S/C12H16F10O2/c13-9(14,11(17,18)19)7-23-5-3-1-2-4-6-24-8-10(15,16)12(20,21)22/h1-8H2. The summed E-state index contributed by atoms with van der Waals surface area (Å²) in [4.78, 5) is 0. The molecule has 0 spiro atoms. The van der Waals surface area contributed by atoms with E-state index in [0.29, 0.717) is 12.8 Å². The molecule has 0 aliphatic heterocycles. The maximum atomic E-state index is 12.4. The molecular weight excluding hydrogens is 366 g/mol. The van der Waals surface area contributed by atoms with Crippen LogP contribution in [0.2, 0.25) is 0 Å². The van der Waals surface area contributed by atoms with Gasteiger partial charge in [0.2, 0.25) is 0 Å². The van der Waals surface area contributed by atoms with E-state index in [-0.39, 0.29) is 26.1 Å². The van der Waals surface area contributed by atoms with Gasteiger partial charge in [-0.3, -0.25) is 0 Å². The largest absolute Gasteiger partial charge is 0.455 e. The van der Waals surface area contributed by atoms with Gasteiger partial charge in [-0.2, -0.15) is 43.9 Å². The van der Waals surface area contributed by atoms with E-state index in [4.69, 9.17) is 0 Å². The van der Waals surface area contributed by atoms with Gasteiger partial charge in [0.15, 0.2) is 0 Å². The lowest BCUT2D eigenvalue weighted by Gasteiger charge is -2.19. The summed E-state index contributed by atoms with van der Waals surface area (Å²) in [5, 5.41) is 0. The van der Waals surface area contributed by atoms with Crippen molar-refractivity contribution in [3.63, 3.8) is 0 Å². The van der Waals surface area contributed by atoms with Crippen LogP contribution in [0.25, 0.3) is 0 Å². The molecule has 0 radical (unpaired) electrons. The Morgan fingerprint density at radius 3 is 1.00 bits per heavy atom. The Kier molecular flexibility index (Phi) is 8.77. The lowest BCUT2D eigenvalue weighted by Crippen LogP contribution is -2.40. The van der Waals surface area contributed by atoms with Crippen LogP contribution in [0.1, 0.15) is 25.7 Å². The molecule has 0 unspecified atom stereocenters. The van der Waals surface area contributed by atoms with Crippen molar-refractivity contribution in [2.45, 2.75) is 49.9 Å². The van der Waals surface area contributed by atoms with E-state index in [9.17, 15) is 43.9 Å². The number of rotatable bonds is 11. The summed E-state index contributed by atoms with van der Waals surface area (Å²) in [6.07, 6.45) is -10.5. The van der Waals surface area contributed by atoms with Gasteiger partial charge in [-0.05, 0) is 12.8 Å². The second-order valence-electron chi connectivity index (χ2n) is 4.92. The Hall–Kier alpha value is -0.780. The van der Waals surface area contributed by atoms with E-state index in [1.165, 1.54) is 0 Å². The Bertz CT molecular complexity index is 317. The highest BCUT2D eigenvalue weighted by atomic mass is 19.4. The SMILES string of the molecule is FC(F)(F)C(F)(F)COCCCCCCOCC(F)(F)C(F)(F)F. The molecular formula is C12H16F10O2. The minimum atomic E-state index is -5.69. The van der Waals surface area contributed by atoms with Crippen molar-refractivity contribution < 1.29 is 53.4 Å². The second kappa shape index (κ2) is 9.07. The first kappa shape index (κ1) is 23.2. The molecule has 0 atom stereocenters. The lowest BCUT2D eigenvalue weighted by atomic mass is 10.2. The average Bonchev–Trinajstić information content (AvgIpc) is 2.38. The highest BCUT2D eigenvalue weighted by Crippen LogP contribution is 2.36. The van der Waals surface area contributed by atoms with Crippen molar-refractivity contribution in [2.75, 3.05) is 26.4 Å². The van der Waals surface area contributed by atoms with E-state index in [1.54, 1.807) is 0 Å². The summed E-state index contributed by atoms with van der Waals surface area (Å²) in [7, 11) is 0. The summed E-state index contributed by atoms with van der Waals surface area (Å²) < 4.78 is 129. The zero-order chi connectivity index (χ0) is 19.1. The zero-order valence-corrected chi connectivity index (χ0v) is 12.3. The molecule has 0 aromatic rings. The zero-order valence-electron chi connectivity index (χ0n) is 12.3. The van der Waals surface area contributed by atoms with Crippen molar-refractivity contribution in [1.29, 1.82) is 0 Å². The highest BCUT2D eigenvalue weighted by Gasteiger charge is 2.58. The van der Waals surface area contributed by atoms with Crippen molar-refractivity contribution >= 4 is 0 Å². The number of alkyl halides is 10. The van der Waals surface area contributed by atoms with Gasteiger partial charge in [-0.1, -0.05) is 12.8 Å². The molecule has 0 aliphatic carbocycles. The predicted octanol–water partition coefficient (Wildman–Crippen LogP) is 4.98. The van der Waals surface area contributed by atoms with Crippen LogP contribution in [0.3, 0.4) is 0 Å². The summed E-state index contributed by atoms with van der Waals surface area (Å²) in [6.45, 7) is -4.32. The topological polar surface area (TPSA) is 18.5 Å². The number of hydrogen-bond donors (Lipinski definition) is 0. The van der Waals surface area contributed by atoms with Crippen molar-refractivity contribution in [1.82, 2.24) is 0 Å². The van der Waals surface area contributed by atoms with E-state index < -0.39 is 37.4 Å². The fourth-order valence-electron chi connectivity index (χ4n) is 1.33. The molecule has 0 fully saturated rings. The van der Waals surface area contributed by atoms with Gasteiger partial charge >= 0.3 is 24.2 Å². The van der Waals surface area contributed by atoms with Gasteiger partial charge in [-0.25, -0.2) is 0 Å². The Balaban J connectivity index is 3.60. The Morgan fingerprint density at radius 2 is 0.750 bits per heavy atom. The van der Waals surface area contributed by atoms with Gasteiger partial charge < -0.3 is 9.47 Å². The number of unbranched alkanes of at least 4 members (excludes halogenated alkanes) is 3. The summed E-state index contributed by atoms with van der Waals surface area (Å²) >= 11 is 0. The molecule has 0 aromatic carbocycles. The van der Waals surface area contributed by atoms with Crippen LogP contribution < -0.4 is 0 Å². The first-order chi connectivity index (χ1) is 10.7. The molecule has 24 heavy (non-hydrogen) atoms. The van der Waals surface area contributed by atoms with Crippen LogP contribution in [0.15, 0.2) is 0 Å². The normalized spacial score (nSPS) is 14.2. The van der Waals surface area contributed by atoms with Crippen LogP contribution in [0.4, 0.5) is 43.9 Å². The Morgan fingerprint density at radius 1 is 0.458 bits per heavy atom. The highest BCUT2D eigenvalue weighted by molar-refractivity contribution is 4.75. The molecule has 0 aromatic heterocycles. The molecule has 0 bridgehead atoms. The smallest absolute Gasteiger partial charge is 0.375 e. The molecule has 0 saturated carbocycles. The monoisotopic (exact) mass is 382 g/mol. The van der Waals surface area contributed by atoms with Crippen molar-refractivity contribution in [3.05, 3.63) is 0 Å². The lowest BCUT2D eigenvalue weighted by molar-refractivity contribution is -0.297. The van der Waals surface area contributed by atoms with Gasteiger partial charge in [0.05, 0.1) is 0 Å². The van der Waals surface area contributed by atoms with Gasteiger partial charge in [0, 0.05) is 13.2 Å². The molecule has 12 heteroatoms. The van der Waals surface area contributed by atoms with Crippen molar-refractivity contribution in [2.24, 2.45) is 0 Å². The molecule has 0 heterocycles. The van der Waals surface area contributed by atoms with Gasteiger partial charge in [-0.15, -0.1) is 0 Å². The minimum absolute atomic E-state index is 0.132. The molecule has 0 N–H and O–H groups in total. The van der Waals surface area contributed by atoms with Crippen LogP contribution in [0.5, 0.6) is 0 Å². The molecule has 0 aliphatic rings. The third kappa shape index (κ3) is 8.36. The summed E-state index contributed by atoms with van der Waals surface area (Å²) in [6, 6.07) is 0. The quantitative estimate of drug-likeness (QED) is 0.371. The van der Waals surface area contributed by atoms with E-state index >= 15 is 0 Å². The van der Waals surface area contributed by atoms with E-state index in [0.717, 1.165) is 0 Å². The molecule has 0 rings (SSSR count). The maximum Gasteiger partial charge on any atom is 0.455 e. The maximum absolute atomic E-state index is 12.4. The molecule has 146 valence electrons.